The summed E-state index contributed by atoms with van der Waals surface area (Å²) in [4.78, 5) is 59.8. The first-order valence-electron chi connectivity index (χ1n) is 17.3. The number of hydrogen-bond donors (Lipinski definition) is 3. The van der Waals surface area contributed by atoms with Crippen LogP contribution in [0.5, 0.6) is 5.75 Å². The lowest BCUT2D eigenvalue weighted by Crippen LogP contribution is -2.55. The second kappa shape index (κ2) is 14.9. The topological polar surface area (TPSA) is 143 Å². The second-order valence-corrected chi connectivity index (χ2v) is 13.6. The Kier molecular flexibility index (Phi) is 10.4. The minimum atomic E-state index is -1.05. The summed E-state index contributed by atoms with van der Waals surface area (Å²) >= 11 is 0. The van der Waals surface area contributed by atoms with Crippen molar-refractivity contribution in [3.05, 3.63) is 53.6 Å². The predicted octanol–water partition coefficient (Wildman–Crippen LogP) is 2.18. The Morgan fingerprint density at radius 3 is 2.33 bits per heavy atom. The fourth-order valence-corrected chi connectivity index (χ4v) is 7.81. The van der Waals surface area contributed by atoms with E-state index in [2.05, 4.69) is 10.2 Å². The number of nitrogens with one attached hydrogen (secondary N) is 1. The number of nitrogens with zero attached hydrogens (tertiary/aromatic N) is 4. The summed E-state index contributed by atoms with van der Waals surface area (Å²) < 4.78 is 5.99. The Morgan fingerprint density at radius 2 is 1.60 bits per heavy atom. The number of carbonyl (C=O) groups excluding carboxylic acids is 3. The van der Waals surface area contributed by atoms with Gasteiger partial charge < -0.3 is 35.0 Å². The Labute approximate surface area is 282 Å². The molecule has 2 atom stereocenters. The minimum absolute atomic E-state index is 0.0114. The van der Waals surface area contributed by atoms with Gasteiger partial charge in [0.05, 0.1) is 0 Å². The summed E-state index contributed by atoms with van der Waals surface area (Å²) in [6.07, 6.45) is 4.40. The molecule has 6 rings (SSSR count). The van der Waals surface area contributed by atoms with E-state index in [1.807, 2.05) is 29.2 Å². The lowest BCUT2D eigenvalue weighted by molar-refractivity contribution is -0.148. The Hall–Kier alpha value is -4.26. The van der Waals surface area contributed by atoms with Crippen LogP contribution in [0.4, 0.5) is 15.3 Å². The Balaban J connectivity index is 1.08. The van der Waals surface area contributed by atoms with Gasteiger partial charge in [-0.25, -0.2) is 9.59 Å². The molecule has 256 valence electrons. The van der Waals surface area contributed by atoms with Crippen molar-refractivity contribution in [2.24, 2.45) is 0 Å². The van der Waals surface area contributed by atoms with Crippen LogP contribution in [0.1, 0.15) is 56.1 Å². The highest BCUT2D eigenvalue weighted by Gasteiger charge is 2.38. The summed E-state index contributed by atoms with van der Waals surface area (Å²) in [6, 6.07) is 12.4. The van der Waals surface area contributed by atoms with Crippen molar-refractivity contribution in [2.75, 3.05) is 44.6 Å². The molecule has 3 saturated heterocycles. The number of carboxylic acid groups (broad SMARTS) is 1. The largest absolute Gasteiger partial charge is 0.509 e. The van der Waals surface area contributed by atoms with Gasteiger partial charge >= 0.3 is 18.1 Å². The number of fused-ring (bicyclic) bond motifs is 1. The third-order valence-electron chi connectivity index (χ3n) is 10.6. The van der Waals surface area contributed by atoms with Gasteiger partial charge in [0.1, 0.15) is 19.6 Å². The van der Waals surface area contributed by atoms with Crippen LogP contribution in [0.3, 0.4) is 0 Å². The SMILES string of the molecule is Bc1cc(C[C@@H](OC(=O)N2CCC(N3CCc4ccccc4NC3=O)CC2)C(=O)N2CCC(N3CCCC[C@H]3C(=O)O)CC2)ccc1O. The van der Waals surface area contributed by atoms with Gasteiger partial charge in [-0.15, -0.1) is 0 Å². The summed E-state index contributed by atoms with van der Waals surface area (Å²) in [5.41, 5.74) is 3.39. The number of amides is 4. The molecule has 3 N–H and O–H groups in total. The number of rotatable bonds is 7. The van der Waals surface area contributed by atoms with Crippen LogP contribution in [0.25, 0.3) is 0 Å². The van der Waals surface area contributed by atoms with Crippen molar-refractivity contribution in [1.29, 1.82) is 0 Å². The maximum absolute atomic E-state index is 14.0. The number of aliphatic carboxylic acids is 1. The Bertz CT molecular complexity index is 1510. The van der Waals surface area contributed by atoms with E-state index in [0.29, 0.717) is 70.3 Å². The van der Waals surface area contributed by atoms with Gasteiger partial charge in [0.2, 0.25) is 0 Å². The zero-order valence-corrected chi connectivity index (χ0v) is 27.7. The number of likely N-dealkylation sites (tertiary alicyclic amines) is 3. The van der Waals surface area contributed by atoms with E-state index in [4.69, 9.17) is 4.74 Å². The zero-order valence-electron chi connectivity index (χ0n) is 27.7. The number of aromatic hydroxyl groups is 1. The summed E-state index contributed by atoms with van der Waals surface area (Å²) in [7, 11) is 1.78. The standard InChI is InChI=1S/C35H46BN5O7/c36-27-21-23(8-9-30(27)42)22-31(32(43)38-16-11-25(12-17-38)40-15-4-3-7-29(40)33(44)45)48-35(47)39-18-13-26(14-19-39)41-20-10-24-5-1-2-6-28(24)37-34(41)46/h1-2,5-6,8-9,21,25-26,29,31,42H,3-4,7,10-20,22,36H2,(H,37,46)(H,44,45)/t29-,31+/m0/s1. The predicted molar refractivity (Wildman–Crippen MR) is 182 cm³/mol. The third-order valence-corrected chi connectivity index (χ3v) is 10.6. The van der Waals surface area contributed by atoms with Crippen molar-refractivity contribution in [3.63, 3.8) is 0 Å². The van der Waals surface area contributed by atoms with E-state index in [1.54, 1.807) is 35.8 Å². The van der Waals surface area contributed by atoms with Crippen LogP contribution in [0, 0.1) is 0 Å². The molecular weight excluding hydrogens is 613 g/mol. The number of piperidine rings is 3. The highest BCUT2D eigenvalue weighted by molar-refractivity contribution is 6.34. The van der Waals surface area contributed by atoms with E-state index >= 15 is 0 Å². The first-order valence-corrected chi connectivity index (χ1v) is 17.3. The number of carbonyl (C=O) groups is 4. The number of ether oxygens (including phenoxy) is 1. The number of benzene rings is 2. The molecule has 3 fully saturated rings. The molecule has 4 aliphatic heterocycles. The molecule has 0 radical (unpaired) electrons. The molecule has 4 amide bonds. The zero-order chi connectivity index (χ0) is 33.8. The van der Waals surface area contributed by atoms with Crippen molar-refractivity contribution in [1.82, 2.24) is 19.6 Å². The molecule has 4 aliphatic rings. The quantitative estimate of drug-likeness (QED) is 0.384. The number of phenols is 1. The average molecular weight is 660 g/mol. The van der Waals surface area contributed by atoms with Gasteiger partial charge in [0.25, 0.3) is 5.91 Å². The van der Waals surface area contributed by atoms with E-state index in [9.17, 15) is 29.4 Å². The lowest BCUT2D eigenvalue weighted by Gasteiger charge is -2.43. The lowest BCUT2D eigenvalue weighted by atomic mass is 9.91. The van der Waals surface area contributed by atoms with Crippen LogP contribution in [0.15, 0.2) is 42.5 Å². The van der Waals surface area contributed by atoms with E-state index < -0.39 is 24.2 Å². The van der Waals surface area contributed by atoms with Crippen LogP contribution < -0.4 is 10.8 Å². The smallest absolute Gasteiger partial charge is 0.410 e. The molecule has 4 heterocycles. The van der Waals surface area contributed by atoms with Gasteiger partial charge in [-0.2, -0.15) is 0 Å². The molecule has 48 heavy (non-hydrogen) atoms. The maximum atomic E-state index is 14.0. The number of urea groups is 1. The second-order valence-electron chi connectivity index (χ2n) is 13.6. The first kappa shape index (κ1) is 33.6. The normalized spacial score (nSPS) is 22.0. The van der Waals surface area contributed by atoms with Gasteiger partial charge in [-0.1, -0.05) is 36.8 Å². The van der Waals surface area contributed by atoms with E-state index in [1.165, 1.54) is 0 Å². The highest BCUT2D eigenvalue weighted by atomic mass is 16.6. The molecule has 13 heteroatoms. The summed E-state index contributed by atoms with van der Waals surface area (Å²) in [6.45, 7) is 3.09. The van der Waals surface area contributed by atoms with Gasteiger partial charge in [-0.3, -0.25) is 14.5 Å². The number of hydrogen-bond acceptors (Lipinski definition) is 7. The average Bonchev–Trinajstić information content (AvgIpc) is 3.27. The van der Waals surface area contributed by atoms with Gasteiger partial charge in [0.15, 0.2) is 6.10 Å². The summed E-state index contributed by atoms with van der Waals surface area (Å²) in [5.74, 6) is -0.895. The number of carboxylic acids is 1. The van der Waals surface area contributed by atoms with E-state index in [0.717, 1.165) is 42.6 Å². The molecule has 0 aliphatic carbocycles. The monoisotopic (exact) mass is 659 g/mol. The molecule has 2 aromatic carbocycles. The number of anilines is 1. The molecule has 0 saturated carbocycles. The number of phenolic OH excluding ortho intramolecular Hbond substituents is 1. The maximum Gasteiger partial charge on any atom is 0.410 e. The van der Waals surface area contributed by atoms with Crippen LogP contribution in [-0.2, 0) is 27.2 Å². The molecular formula is C35H46BN5O7. The Morgan fingerprint density at radius 1 is 0.896 bits per heavy atom. The first-order chi connectivity index (χ1) is 23.2. The van der Waals surface area contributed by atoms with Gasteiger partial charge in [-0.05, 0) is 80.2 Å². The fraction of sp³-hybridized carbons (Fsp3) is 0.543. The molecule has 12 nitrogen and oxygen atoms in total. The molecule has 0 unspecified atom stereocenters. The van der Waals surface area contributed by atoms with Crippen LogP contribution in [-0.4, -0.2) is 125 Å². The molecule has 0 bridgehead atoms. The van der Waals surface area contributed by atoms with Gasteiger partial charge in [0, 0.05) is 56.9 Å². The number of para-hydroxylation sites is 1. The van der Waals surface area contributed by atoms with Crippen molar-refractivity contribution < 1.29 is 34.1 Å². The fourth-order valence-electron chi connectivity index (χ4n) is 7.81. The summed E-state index contributed by atoms with van der Waals surface area (Å²) in [5, 5.41) is 22.8. The van der Waals surface area contributed by atoms with Crippen molar-refractivity contribution >= 4 is 43.0 Å². The third kappa shape index (κ3) is 7.56. The molecule has 2 aromatic rings. The van der Waals surface area contributed by atoms with Crippen LogP contribution in [0.2, 0.25) is 0 Å². The highest BCUT2D eigenvalue weighted by Crippen LogP contribution is 2.28. The molecule has 0 aromatic heterocycles. The van der Waals surface area contributed by atoms with Crippen LogP contribution >= 0.6 is 0 Å². The van der Waals surface area contributed by atoms with Crippen molar-refractivity contribution in [2.45, 2.75) is 82.0 Å². The van der Waals surface area contributed by atoms with E-state index in [-0.39, 0.29) is 36.2 Å². The molecule has 0 spiro atoms. The minimum Gasteiger partial charge on any atom is -0.509 e. The van der Waals surface area contributed by atoms with Crippen molar-refractivity contribution in [3.8, 4) is 5.75 Å².